The zero-order valence-corrected chi connectivity index (χ0v) is 18.0. The van der Waals surface area contributed by atoms with Crippen molar-refractivity contribution in [3.8, 4) is 0 Å². The van der Waals surface area contributed by atoms with Gasteiger partial charge in [0.05, 0.1) is 5.52 Å². The molecule has 1 amide bonds. The number of carbonyl (C=O) groups excluding carboxylic acids is 1. The minimum atomic E-state index is 0.262. The van der Waals surface area contributed by atoms with E-state index in [9.17, 15) is 4.79 Å². The largest absolute Gasteiger partial charge is 0.354 e. The molecule has 2 saturated heterocycles. The molecule has 31 heavy (non-hydrogen) atoms. The Labute approximate surface area is 184 Å². The van der Waals surface area contributed by atoms with Gasteiger partial charge in [0.2, 0.25) is 5.91 Å². The number of rotatable bonds is 5. The molecule has 0 aliphatic carbocycles. The van der Waals surface area contributed by atoms with Crippen molar-refractivity contribution in [1.82, 2.24) is 9.88 Å². The number of hydrogen-bond donors (Lipinski definition) is 0. The summed E-state index contributed by atoms with van der Waals surface area (Å²) in [4.78, 5) is 23.8. The zero-order chi connectivity index (χ0) is 21.0. The minimum absolute atomic E-state index is 0.262. The van der Waals surface area contributed by atoms with Crippen molar-refractivity contribution in [2.45, 2.75) is 25.7 Å². The number of benzene rings is 2. The van der Waals surface area contributed by atoms with Gasteiger partial charge in [-0.05, 0) is 55.2 Å². The lowest BCUT2D eigenvalue weighted by Gasteiger charge is -2.35. The summed E-state index contributed by atoms with van der Waals surface area (Å²) in [6.45, 7) is 6.09. The van der Waals surface area contributed by atoms with Gasteiger partial charge in [0, 0.05) is 56.8 Å². The van der Waals surface area contributed by atoms with Crippen molar-refractivity contribution in [2.24, 2.45) is 0 Å². The number of aromatic nitrogens is 1. The summed E-state index contributed by atoms with van der Waals surface area (Å²) in [5.74, 6) is 1.35. The van der Waals surface area contributed by atoms with Crippen LogP contribution in [0.4, 0.5) is 11.5 Å². The third kappa shape index (κ3) is 4.57. The lowest BCUT2D eigenvalue weighted by molar-refractivity contribution is -0.119. The molecule has 160 valence electrons. The molecule has 0 radical (unpaired) electrons. The topological polar surface area (TPSA) is 39.7 Å². The van der Waals surface area contributed by atoms with Crippen molar-refractivity contribution < 1.29 is 4.79 Å². The third-order valence-electron chi connectivity index (χ3n) is 6.57. The predicted octanol–water partition coefficient (Wildman–Crippen LogP) is 4.12. The summed E-state index contributed by atoms with van der Waals surface area (Å²) in [5, 5.41) is 1.19. The van der Waals surface area contributed by atoms with Crippen molar-refractivity contribution in [3.05, 3.63) is 66.2 Å². The van der Waals surface area contributed by atoms with Crippen LogP contribution in [0.1, 0.15) is 24.8 Å². The molecule has 0 saturated carbocycles. The van der Waals surface area contributed by atoms with E-state index in [1.54, 1.807) is 0 Å². The molecule has 2 aliphatic rings. The molecule has 5 rings (SSSR count). The molecule has 2 fully saturated rings. The van der Waals surface area contributed by atoms with E-state index in [1.807, 2.05) is 11.0 Å². The first-order valence-electron chi connectivity index (χ1n) is 11.5. The van der Waals surface area contributed by atoms with E-state index in [0.717, 1.165) is 75.6 Å². The van der Waals surface area contributed by atoms with E-state index < -0.39 is 0 Å². The van der Waals surface area contributed by atoms with Gasteiger partial charge in [0.1, 0.15) is 5.82 Å². The van der Waals surface area contributed by atoms with Crippen LogP contribution in [-0.2, 0) is 11.2 Å². The molecule has 0 atom stereocenters. The molecule has 0 unspecified atom stereocenters. The van der Waals surface area contributed by atoms with Crippen LogP contribution in [0.3, 0.4) is 0 Å². The van der Waals surface area contributed by atoms with E-state index in [1.165, 1.54) is 10.9 Å². The number of fused-ring (bicyclic) bond motifs is 1. The van der Waals surface area contributed by atoms with Gasteiger partial charge in [0.25, 0.3) is 0 Å². The lowest BCUT2D eigenvalue weighted by atomic mass is 10.1. The molecular weight excluding hydrogens is 384 g/mol. The molecule has 5 nitrogen and oxygen atoms in total. The number of nitrogens with zero attached hydrogens (tertiary/aromatic N) is 4. The summed E-state index contributed by atoms with van der Waals surface area (Å²) in [5.41, 5.74) is 3.45. The van der Waals surface area contributed by atoms with Crippen LogP contribution in [0.15, 0.2) is 60.7 Å². The second kappa shape index (κ2) is 9.06. The van der Waals surface area contributed by atoms with Crippen molar-refractivity contribution in [2.75, 3.05) is 49.1 Å². The quantitative estimate of drug-likeness (QED) is 0.630. The summed E-state index contributed by atoms with van der Waals surface area (Å²) < 4.78 is 0. The molecule has 2 aliphatic heterocycles. The van der Waals surface area contributed by atoms with Gasteiger partial charge in [-0.3, -0.25) is 9.69 Å². The van der Waals surface area contributed by atoms with Gasteiger partial charge in [-0.1, -0.05) is 30.3 Å². The Bertz CT molecular complexity index is 1040. The Morgan fingerprint density at radius 3 is 2.42 bits per heavy atom. The monoisotopic (exact) mass is 414 g/mol. The molecule has 0 N–H and O–H groups in total. The standard InChI is InChI=1S/C26H30N4O/c31-26-7-3-4-15-30(26)23-11-8-21(9-12-23)14-16-28-17-19-29(20-18-28)25-13-10-22-5-1-2-6-24(22)27-25/h1-2,5-6,8-13H,3-4,7,14-20H2. The second-order valence-corrected chi connectivity index (χ2v) is 8.61. The number of pyridine rings is 1. The summed E-state index contributed by atoms with van der Waals surface area (Å²) >= 11 is 0. The normalized spacial score (nSPS) is 18.0. The minimum Gasteiger partial charge on any atom is -0.354 e. The fourth-order valence-electron chi connectivity index (χ4n) is 4.64. The molecular formula is C26H30N4O. The molecule has 1 aromatic heterocycles. The SMILES string of the molecule is O=C1CCCCN1c1ccc(CCN2CCN(c3ccc4ccccc4n3)CC2)cc1. The van der Waals surface area contributed by atoms with Crippen LogP contribution < -0.4 is 9.80 Å². The fourth-order valence-corrected chi connectivity index (χ4v) is 4.64. The van der Waals surface area contributed by atoms with E-state index in [-0.39, 0.29) is 5.91 Å². The van der Waals surface area contributed by atoms with Crippen LogP contribution in [0.5, 0.6) is 0 Å². The van der Waals surface area contributed by atoms with Crippen LogP contribution >= 0.6 is 0 Å². The predicted molar refractivity (Wildman–Crippen MR) is 127 cm³/mol. The highest BCUT2D eigenvalue weighted by atomic mass is 16.2. The van der Waals surface area contributed by atoms with E-state index in [0.29, 0.717) is 6.42 Å². The average Bonchev–Trinajstić information content (AvgIpc) is 2.83. The highest BCUT2D eigenvalue weighted by Crippen LogP contribution is 2.22. The first kappa shape index (κ1) is 20.0. The van der Waals surface area contributed by atoms with Crippen LogP contribution in [0.25, 0.3) is 10.9 Å². The summed E-state index contributed by atoms with van der Waals surface area (Å²) in [6.07, 6.45) is 3.86. The van der Waals surface area contributed by atoms with Crippen LogP contribution in [0, 0.1) is 0 Å². The van der Waals surface area contributed by atoms with Gasteiger partial charge in [-0.15, -0.1) is 0 Å². The van der Waals surface area contributed by atoms with E-state index in [2.05, 4.69) is 64.4 Å². The number of anilines is 2. The smallest absolute Gasteiger partial charge is 0.226 e. The Hall–Kier alpha value is -2.92. The number of carbonyl (C=O) groups is 1. The van der Waals surface area contributed by atoms with Crippen molar-refractivity contribution >= 4 is 28.3 Å². The van der Waals surface area contributed by atoms with Crippen molar-refractivity contribution in [3.63, 3.8) is 0 Å². The molecule has 3 heterocycles. The Kier molecular flexibility index (Phi) is 5.85. The average molecular weight is 415 g/mol. The lowest BCUT2D eigenvalue weighted by Crippen LogP contribution is -2.47. The molecule has 5 heteroatoms. The van der Waals surface area contributed by atoms with Crippen molar-refractivity contribution in [1.29, 1.82) is 0 Å². The van der Waals surface area contributed by atoms with Crippen LogP contribution in [-0.4, -0.2) is 55.1 Å². The Morgan fingerprint density at radius 2 is 1.61 bits per heavy atom. The van der Waals surface area contributed by atoms with Gasteiger partial charge >= 0.3 is 0 Å². The fraction of sp³-hybridized carbons (Fsp3) is 0.385. The molecule has 0 bridgehead atoms. The second-order valence-electron chi connectivity index (χ2n) is 8.61. The van der Waals surface area contributed by atoms with Gasteiger partial charge in [-0.2, -0.15) is 0 Å². The Balaban J connectivity index is 1.12. The van der Waals surface area contributed by atoms with E-state index in [4.69, 9.17) is 4.98 Å². The first-order chi connectivity index (χ1) is 15.3. The Morgan fingerprint density at radius 1 is 0.806 bits per heavy atom. The number of hydrogen-bond acceptors (Lipinski definition) is 4. The van der Waals surface area contributed by atoms with E-state index >= 15 is 0 Å². The maximum absolute atomic E-state index is 12.1. The molecule has 3 aromatic rings. The third-order valence-corrected chi connectivity index (χ3v) is 6.57. The maximum atomic E-state index is 12.1. The number of amides is 1. The van der Waals surface area contributed by atoms with Crippen LogP contribution in [0.2, 0.25) is 0 Å². The van der Waals surface area contributed by atoms with Gasteiger partial charge < -0.3 is 9.80 Å². The first-order valence-corrected chi connectivity index (χ1v) is 11.5. The number of piperazine rings is 1. The van der Waals surface area contributed by atoms with Gasteiger partial charge in [0.15, 0.2) is 0 Å². The summed E-state index contributed by atoms with van der Waals surface area (Å²) in [6, 6.07) is 21.2. The van der Waals surface area contributed by atoms with Gasteiger partial charge in [-0.25, -0.2) is 4.98 Å². The molecule has 0 spiro atoms. The highest BCUT2D eigenvalue weighted by Gasteiger charge is 2.20. The number of piperidine rings is 1. The zero-order valence-electron chi connectivity index (χ0n) is 18.0. The number of para-hydroxylation sites is 1. The highest BCUT2D eigenvalue weighted by molar-refractivity contribution is 5.93. The maximum Gasteiger partial charge on any atom is 0.226 e. The summed E-state index contributed by atoms with van der Waals surface area (Å²) in [7, 11) is 0. The molecule has 2 aromatic carbocycles.